The quantitative estimate of drug-likeness (QED) is 0.826. The molecule has 88 valence electrons. The molecule has 2 nitrogen and oxygen atoms in total. The van der Waals surface area contributed by atoms with Crippen molar-refractivity contribution in [3.05, 3.63) is 34.6 Å². The average molecular weight is 245 g/mol. The Morgan fingerprint density at radius 1 is 1.44 bits per heavy atom. The second kappa shape index (κ2) is 4.93. The molecule has 0 saturated heterocycles. The predicted molar refractivity (Wildman–Crippen MR) is 61.3 cm³/mol. The van der Waals surface area contributed by atoms with E-state index < -0.39 is 17.2 Å². The Morgan fingerprint density at radius 2 is 2.00 bits per heavy atom. The Bertz CT molecular complexity index is 400. The van der Waals surface area contributed by atoms with Crippen molar-refractivity contribution in [3.8, 4) is 0 Å². The lowest BCUT2D eigenvalue weighted by molar-refractivity contribution is 0.0273. The SMILES string of the molecule is CCC(O)(CC)C(=O)c1ccc(Cl)cc1F. The third-order valence-corrected chi connectivity index (χ3v) is 3.00. The van der Waals surface area contributed by atoms with E-state index >= 15 is 0 Å². The van der Waals surface area contributed by atoms with Crippen molar-refractivity contribution < 1.29 is 14.3 Å². The number of Topliss-reactive ketones (excluding diaryl/α,β-unsaturated/α-hetero) is 1. The van der Waals surface area contributed by atoms with Crippen LogP contribution in [0.4, 0.5) is 4.39 Å². The summed E-state index contributed by atoms with van der Waals surface area (Å²) >= 11 is 5.59. The molecular formula is C12H14ClFO2. The van der Waals surface area contributed by atoms with Crippen molar-refractivity contribution in [2.24, 2.45) is 0 Å². The van der Waals surface area contributed by atoms with Crippen molar-refractivity contribution in [1.29, 1.82) is 0 Å². The number of benzene rings is 1. The van der Waals surface area contributed by atoms with Crippen LogP contribution in [-0.4, -0.2) is 16.5 Å². The third-order valence-electron chi connectivity index (χ3n) is 2.77. The number of hydrogen-bond acceptors (Lipinski definition) is 2. The van der Waals surface area contributed by atoms with Crippen LogP contribution in [0.3, 0.4) is 0 Å². The van der Waals surface area contributed by atoms with E-state index in [0.29, 0.717) is 0 Å². The normalized spacial score (nSPS) is 11.6. The van der Waals surface area contributed by atoms with Gasteiger partial charge in [-0.05, 0) is 31.0 Å². The van der Waals surface area contributed by atoms with E-state index in [0.717, 1.165) is 6.07 Å². The number of carbonyl (C=O) groups is 1. The highest BCUT2D eigenvalue weighted by molar-refractivity contribution is 6.30. The first-order valence-electron chi connectivity index (χ1n) is 5.17. The molecule has 1 rings (SSSR count). The highest BCUT2D eigenvalue weighted by atomic mass is 35.5. The summed E-state index contributed by atoms with van der Waals surface area (Å²) in [4.78, 5) is 11.9. The Hall–Kier alpha value is -0.930. The predicted octanol–water partition coefficient (Wildman–Crippen LogP) is 3.21. The summed E-state index contributed by atoms with van der Waals surface area (Å²) in [5.41, 5.74) is -1.61. The molecule has 16 heavy (non-hydrogen) atoms. The molecule has 0 radical (unpaired) electrons. The second-order valence-electron chi connectivity index (χ2n) is 3.69. The molecule has 0 spiro atoms. The standard InChI is InChI=1S/C12H14ClFO2/c1-3-12(16,4-2)11(15)9-6-5-8(13)7-10(9)14/h5-7,16H,3-4H2,1-2H3. The highest BCUT2D eigenvalue weighted by Gasteiger charge is 2.34. The van der Waals surface area contributed by atoms with Crippen molar-refractivity contribution in [2.75, 3.05) is 0 Å². The van der Waals surface area contributed by atoms with E-state index in [4.69, 9.17) is 11.6 Å². The van der Waals surface area contributed by atoms with Crippen LogP contribution >= 0.6 is 11.6 Å². The smallest absolute Gasteiger partial charge is 0.197 e. The summed E-state index contributed by atoms with van der Waals surface area (Å²) in [5, 5.41) is 10.2. The molecule has 1 N–H and O–H groups in total. The third kappa shape index (κ3) is 2.42. The molecule has 0 unspecified atom stereocenters. The minimum absolute atomic E-state index is 0.115. The van der Waals surface area contributed by atoms with Gasteiger partial charge in [-0.3, -0.25) is 4.79 Å². The van der Waals surface area contributed by atoms with Gasteiger partial charge in [0.2, 0.25) is 0 Å². The molecule has 0 amide bonds. The molecule has 4 heteroatoms. The average Bonchev–Trinajstić information content (AvgIpc) is 2.27. The molecular weight excluding hydrogens is 231 g/mol. The van der Waals surface area contributed by atoms with Gasteiger partial charge in [0.1, 0.15) is 11.4 Å². The Labute approximate surface area is 99.0 Å². The van der Waals surface area contributed by atoms with Crippen LogP contribution in [0.5, 0.6) is 0 Å². The van der Waals surface area contributed by atoms with E-state index in [1.54, 1.807) is 13.8 Å². The topological polar surface area (TPSA) is 37.3 Å². The molecule has 0 bridgehead atoms. The second-order valence-corrected chi connectivity index (χ2v) is 4.13. The van der Waals surface area contributed by atoms with Crippen LogP contribution in [0, 0.1) is 5.82 Å². The maximum atomic E-state index is 13.5. The number of aliphatic hydroxyl groups is 1. The maximum absolute atomic E-state index is 13.5. The summed E-state index contributed by atoms with van der Waals surface area (Å²) in [7, 11) is 0. The Kier molecular flexibility index (Phi) is 4.05. The van der Waals surface area contributed by atoms with E-state index in [9.17, 15) is 14.3 Å². The van der Waals surface area contributed by atoms with E-state index in [-0.39, 0.29) is 23.4 Å². The summed E-state index contributed by atoms with van der Waals surface area (Å²) in [5.74, 6) is -1.29. The van der Waals surface area contributed by atoms with Crippen LogP contribution in [-0.2, 0) is 0 Å². The van der Waals surface area contributed by atoms with Crippen LogP contribution in [0.1, 0.15) is 37.0 Å². The molecule has 0 aliphatic heterocycles. The highest BCUT2D eigenvalue weighted by Crippen LogP contribution is 2.24. The van der Waals surface area contributed by atoms with E-state index in [1.165, 1.54) is 12.1 Å². The zero-order valence-corrected chi connectivity index (χ0v) is 10.0. The molecule has 0 saturated carbocycles. The van der Waals surface area contributed by atoms with Gasteiger partial charge < -0.3 is 5.11 Å². The minimum Gasteiger partial charge on any atom is -0.382 e. The first-order chi connectivity index (χ1) is 7.44. The Balaban J connectivity index is 3.14. The van der Waals surface area contributed by atoms with Gasteiger partial charge in [0.15, 0.2) is 5.78 Å². The lowest BCUT2D eigenvalue weighted by atomic mass is 9.88. The van der Waals surface area contributed by atoms with Gasteiger partial charge >= 0.3 is 0 Å². The first-order valence-corrected chi connectivity index (χ1v) is 5.54. The lowest BCUT2D eigenvalue weighted by Gasteiger charge is -2.23. The molecule has 1 aromatic carbocycles. The largest absolute Gasteiger partial charge is 0.382 e. The Morgan fingerprint density at radius 3 is 2.44 bits per heavy atom. The number of carbonyl (C=O) groups excluding carboxylic acids is 1. The van der Waals surface area contributed by atoms with Crippen molar-refractivity contribution >= 4 is 17.4 Å². The fourth-order valence-electron chi connectivity index (χ4n) is 1.50. The molecule has 0 aromatic heterocycles. The van der Waals surface area contributed by atoms with Crippen LogP contribution < -0.4 is 0 Å². The number of ketones is 1. The monoisotopic (exact) mass is 244 g/mol. The van der Waals surface area contributed by atoms with Gasteiger partial charge in [-0.1, -0.05) is 25.4 Å². The molecule has 0 atom stereocenters. The first kappa shape index (κ1) is 13.1. The van der Waals surface area contributed by atoms with Gasteiger partial charge in [0.05, 0.1) is 5.56 Å². The van der Waals surface area contributed by atoms with Crippen LogP contribution in [0.25, 0.3) is 0 Å². The zero-order valence-electron chi connectivity index (χ0n) is 9.26. The van der Waals surface area contributed by atoms with Crippen molar-refractivity contribution in [2.45, 2.75) is 32.3 Å². The van der Waals surface area contributed by atoms with E-state index in [1.807, 2.05) is 0 Å². The summed E-state index contributed by atoms with van der Waals surface area (Å²) in [6.07, 6.45) is 0.509. The molecule has 0 aliphatic rings. The molecule has 0 aliphatic carbocycles. The van der Waals surface area contributed by atoms with Crippen molar-refractivity contribution in [3.63, 3.8) is 0 Å². The van der Waals surface area contributed by atoms with Crippen LogP contribution in [0.15, 0.2) is 18.2 Å². The lowest BCUT2D eigenvalue weighted by Crippen LogP contribution is -2.37. The summed E-state index contributed by atoms with van der Waals surface area (Å²) < 4.78 is 13.5. The van der Waals surface area contributed by atoms with E-state index in [2.05, 4.69) is 0 Å². The molecule has 0 heterocycles. The minimum atomic E-state index is -1.49. The maximum Gasteiger partial charge on any atom is 0.197 e. The fraction of sp³-hybridized carbons (Fsp3) is 0.417. The number of rotatable bonds is 4. The summed E-state index contributed by atoms with van der Waals surface area (Å²) in [6, 6.07) is 3.81. The van der Waals surface area contributed by atoms with Crippen molar-refractivity contribution in [1.82, 2.24) is 0 Å². The molecule has 0 fully saturated rings. The number of hydrogen-bond donors (Lipinski definition) is 1. The van der Waals surface area contributed by atoms with Gasteiger partial charge in [-0.2, -0.15) is 0 Å². The number of halogens is 2. The zero-order chi connectivity index (χ0) is 12.3. The van der Waals surface area contributed by atoms with Gasteiger partial charge in [0, 0.05) is 5.02 Å². The molecule has 1 aromatic rings. The van der Waals surface area contributed by atoms with Gasteiger partial charge in [-0.25, -0.2) is 4.39 Å². The van der Waals surface area contributed by atoms with Gasteiger partial charge in [0.25, 0.3) is 0 Å². The van der Waals surface area contributed by atoms with Crippen LogP contribution in [0.2, 0.25) is 5.02 Å². The summed E-state index contributed by atoms with van der Waals surface area (Å²) in [6.45, 7) is 3.38. The fourth-order valence-corrected chi connectivity index (χ4v) is 1.65. The van der Waals surface area contributed by atoms with Gasteiger partial charge in [-0.15, -0.1) is 0 Å².